The van der Waals surface area contributed by atoms with E-state index in [2.05, 4.69) is 75.4 Å². The number of alkyl halides is 1. The maximum atomic E-state index is 6.50. The molecule has 0 aliphatic heterocycles. The minimum atomic E-state index is 0.0979. The highest BCUT2D eigenvalue weighted by Crippen LogP contribution is 2.34. The van der Waals surface area contributed by atoms with Crippen molar-refractivity contribution in [3.63, 3.8) is 0 Å². The van der Waals surface area contributed by atoms with Gasteiger partial charge in [-0.3, -0.25) is 0 Å². The van der Waals surface area contributed by atoms with Gasteiger partial charge in [0.05, 0.1) is 5.38 Å². The van der Waals surface area contributed by atoms with Crippen LogP contribution in [0.5, 0.6) is 0 Å². The summed E-state index contributed by atoms with van der Waals surface area (Å²) < 4.78 is 0. The van der Waals surface area contributed by atoms with Crippen LogP contribution in [0.4, 0.5) is 0 Å². The van der Waals surface area contributed by atoms with Crippen molar-refractivity contribution in [2.45, 2.75) is 39.0 Å². The largest absolute Gasteiger partial charge is 0.118 e. The van der Waals surface area contributed by atoms with E-state index in [1.54, 1.807) is 0 Å². The van der Waals surface area contributed by atoms with Crippen LogP contribution < -0.4 is 0 Å². The molecule has 0 saturated heterocycles. The first-order valence-corrected chi connectivity index (χ1v) is 7.64. The van der Waals surface area contributed by atoms with Crippen LogP contribution in [0.1, 0.15) is 49.3 Å². The minimum absolute atomic E-state index is 0.0979. The van der Waals surface area contributed by atoms with Gasteiger partial charge in [-0.2, -0.15) is 0 Å². The Hall–Kier alpha value is -1.27. The highest BCUT2D eigenvalue weighted by Gasteiger charge is 2.18. The van der Waals surface area contributed by atoms with E-state index in [0.29, 0.717) is 0 Å². The summed E-state index contributed by atoms with van der Waals surface area (Å²) >= 11 is 6.50. The van der Waals surface area contributed by atoms with E-state index >= 15 is 0 Å². The second kappa shape index (κ2) is 6.45. The third-order valence-electron chi connectivity index (χ3n) is 3.38. The normalized spacial score (nSPS) is 13.2. The fourth-order valence-corrected chi connectivity index (χ4v) is 2.94. The summed E-state index contributed by atoms with van der Waals surface area (Å²) in [6, 6.07) is 19.3. The summed E-state index contributed by atoms with van der Waals surface area (Å²) in [6.07, 6.45) is 1.97. The fourth-order valence-electron chi connectivity index (χ4n) is 2.33. The molecule has 0 amide bonds. The predicted octanol–water partition coefficient (Wildman–Crippen LogP) is 5.99. The number of rotatable bonds is 4. The first-order valence-electron chi connectivity index (χ1n) is 7.21. The van der Waals surface area contributed by atoms with Crippen molar-refractivity contribution in [2.24, 2.45) is 5.41 Å². The fraction of sp³-hybridized carbons (Fsp3) is 0.368. The molecule has 0 nitrogen and oxygen atoms in total. The zero-order valence-corrected chi connectivity index (χ0v) is 13.3. The molecule has 106 valence electrons. The van der Waals surface area contributed by atoms with Crippen LogP contribution in [-0.4, -0.2) is 0 Å². The smallest absolute Gasteiger partial charge is 0.0590 e. The summed E-state index contributed by atoms with van der Waals surface area (Å²) in [5, 5.41) is 0.0979. The van der Waals surface area contributed by atoms with Gasteiger partial charge in [-0.25, -0.2) is 0 Å². The van der Waals surface area contributed by atoms with E-state index in [1.807, 2.05) is 0 Å². The number of hydrogen-bond donors (Lipinski definition) is 0. The molecule has 0 saturated carbocycles. The molecule has 2 rings (SSSR count). The lowest BCUT2D eigenvalue weighted by atomic mass is 9.88. The second-order valence-corrected chi connectivity index (χ2v) is 7.16. The molecule has 0 spiro atoms. The Kier molecular flexibility index (Phi) is 4.88. The predicted molar refractivity (Wildman–Crippen MR) is 88.4 cm³/mol. The van der Waals surface area contributed by atoms with E-state index in [1.165, 1.54) is 16.7 Å². The van der Waals surface area contributed by atoms with Crippen molar-refractivity contribution in [1.82, 2.24) is 0 Å². The molecule has 0 fully saturated rings. The van der Waals surface area contributed by atoms with Crippen LogP contribution in [0.15, 0.2) is 54.6 Å². The molecule has 0 aromatic heterocycles. The average molecular weight is 287 g/mol. The molecule has 0 radical (unpaired) electrons. The molecule has 20 heavy (non-hydrogen) atoms. The molecular weight excluding hydrogens is 264 g/mol. The molecule has 2 aromatic carbocycles. The SMILES string of the molecule is CC(C)(C)CC(Cl)c1ccc(Cc2ccccc2)cc1. The monoisotopic (exact) mass is 286 g/mol. The van der Waals surface area contributed by atoms with Crippen molar-refractivity contribution in [2.75, 3.05) is 0 Å². The minimum Gasteiger partial charge on any atom is -0.118 e. The summed E-state index contributed by atoms with van der Waals surface area (Å²) in [6.45, 7) is 6.68. The first-order chi connectivity index (χ1) is 9.44. The van der Waals surface area contributed by atoms with Gasteiger partial charge in [0.2, 0.25) is 0 Å². The number of halogens is 1. The molecule has 1 unspecified atom stereocenters. The van der Waals surface area contributed by atoms with E-state index < -0.39 is 0 Å². The van der Waals surface area contributed by atoms with E-state index in [9.17, 15) is 0 Å². The number of benzene rings is 2. The lowest BCUT2D eigenvalue weighted by molar-refractivity contribution is 0.372. The van der Waals surface area contributed by atoms with Gasteiger partial charge in [0, 0.05) is 0 Å². The van der Waals surface area contributed by atoms with Gasteiger partial charge < -0.3 is 0 Å². The molecule has 0 bridgehead atoms. The second-order valence-electron chi connectivity index (χ2n) is 6.64. The highest BCUT2D eigenvalue weighted by atomic mass is 35.5. The summed E-state index contributed by atoms with van der Waals surface area (Å²) in [4.78, 5) is 0. The molecule has 2 aromatic rings. The van der Waals surface area contributed by atoms with E-state index in [4.69, 9.17) is 11.6 Å². The molecule has 0 aliphatic rings. The summed E-state index contributed by atoms with van der Waals surface area (Å²) in [7, 11) is 0. The van der Waals surface area contributed by atoms with Gasteiger partial charge in [0.1, 0.15) is 0 Å². The van der Waals surface area contributed by atoms with E-state index in [0.717, 1.165) is 12.8 Å². The third kappa shape index (κ3) is 4.68. The zero-order chi connectivity index (χ0) is 14.6. The van der Waals surface area contributed by atoms with Crippen LogP contribution in [0.25, 0.3) is 0 Å². The molecule has 0 heterocycles. The Labute approximate surface area is 127 Å². The molecule has 1 atom stereocenters. The summed E-state index contributed by atoms with van der Waals surface area (Å²) in [5.41, 5.74) is 4.16. The van der Waals surface area contributed by atoms with Crippen LogP contribution in [0, 0.1) is 5.41 Å². The Morgan fingerprint density at radius 3 is 1.95 bits per heavy atom. The van der Waals surface area contributed by atoms with Crippen molar-refractivity contribution in [3.8, 4) is 0 Å². The van der Waals surface area contributed by atoms with Gasteiger partial charge in [0.25, 0.3) is 0 Å². The standard InChI is InChI=1S/C19H23Cl/c1-19(2,3)14-18(20)17-11-9-16(10-12-17)13-15-7-5-4-6-8-15/h4-12,18H,13-14H2,1-3H3. The zero-order valence-electron chi connectivity index (χ0n) is 12.6. The maximum Gasteiger partial charge on any atom is 0.0590 e. The van der Waals surface area contributed by atoms with Crippen molar-refractivity contribution in [3.05, 3.63) is 71.3 Å². The van der Waals surface area contributed by atoms with Gasteiger partial charge in [0.15, 0.2) is 0 Å². The molecule has 1 heteroatoms. The van der Waals surface area contributed by atoms with Gasteiger partial charge in [-0.1, -0.05) is 75.4 Å². The van der Waals surface area contributed by atoms with Crippen molar-refractivity contribution in [1.29, 1.82) is 0 Å². The maximum absolute atomic E-state index is 6.50. The van der Waals surface area contributed by atoms with Crippen molar-refractivity contribution < 1.29 is 0 Å². The Morgan fingerprint density at radius 1 is 0.850 bits per heavy atom. The molecular formula is C19H23Cl. The summed E-state index contributed by atoms with van der Waals surface area (Å²) in [5.74, 6) is 0. The Morgan fingerprint density at radius 2 is 1.40 bits per heavy atom. The molecule has 0 N–H and O–H groups in total. The third-order valence-corrected chi connectivity index (χ3v) is 3.79. The van der Waals surface area contributed by atoms with Gasteiger partial charge >= 0.3 is 0 Å². The van der Waals surface area contributed by atoms with Gasteiger partial charge in [-0.05, 0) is 34.9 Å². The average Bonchev–Trinajstić information content (AvgIpc) is 2.39. The van der Waals surface area contributed by atoms with E-state index in [-0.39, 0.29) is 10.8 Å². The van der Waals surface area contributed by atoms with Crippen molar-refractivity contribution >= 4 is 11.6 Å². The topological polar surface area (TPSA) is 0 Å². The molecule has 0 aliphatic carbocycles. The Balaban J connectivity index is 2.03. The number of hydrogen-bond acceptors (Lipinski definition) is 0. The van der Waals surface area contributed by atoms with Crippen LogP contribution in [0.2, 0.25) is 0 Å². The van der Waals surface area contributed by atoms with Crippen LogP contribution in [0.3, 0.4) is 0 Å². The van der Waals surface area contributed by atoms with Crippen LogP contribution in [-0.2, 0) is 6.42 Å². The Bertz CT molecular complexity index is 520. The highest BCUT2D eigenvalue weighted by molar-refractivity contribution is 6.20. The lowest BCUT2D eigenvalue weighted by Crippen LogP contribution is -2.08. The van der Waals surface area contributed by atoms with Gasteiger partial charge in [-0.15, -0.1) is 11.6 Å². The quantitative estimate of drug-likeness (QED) is 0.605. The van der Waals surface area contributed by atoms with Crippen LogP contribution >= 0.6 is 11.6 Å². The lowest BCUT2D eigenvalue weighted by Gasteiger charge is -2.22. The first kappa shape index (κ1) is 15.1.